The van der Waals surface area contributed by atoms with E-state index in [-0.39, 0.29) is 60.0 Å². The van der Waals surface area contributed by atoms with Crippen molar-refractivity contribution in [2.45, 2.75) is 24.9 Å². The van der Waals surface area contributed by atoms with E-state index < -0.39 is 23.3 Å². The van der Waals surface area contributed by atoms with Crippen molar-refractivity contribution in [3.05, 3.63) is 52.3 Å². The predicted octanol–water partition coefficient (Wildman–Crippen LogP) is 3.38. The number of nitrogens with zero attached hydrogens (tertiary/aromatic N) is 3. The molecule has 1 aliphatic heterocycles. The van der Waals surface area contributed by atoms with Crippen molar-refractivity contribution in [1.82, 2.24) is 14.3 Å². The SMILES string of the molecule is COC(=O)C(=O)c1snc2cc(OC)c(C(=O)N3CCC(F)(Cc4ccc(F)cc4)CC3)nc12. The highest BCUT2D eigenvalue weighted by atomic mass is 32.1. The summed E-state index contributed by atoms with van der Waals surface area (Å²) in [5.41, 5.74) is -0.499. The van der Waals surface area contributed by atoms with E-state index in [0.29, 0.717) is 11.1 Å². The van der Waals surface area contributed by atoms with Gasteiger partial charge >= 0.3 is 5.97 Å². The maximum Gasteiger partial charge on any atom is 0.380 e. The Labute approximate surface area is 197 Å². The van der Waals surface area contributed by atoms with Crippen LogP contribution in [0.15, 0.2) is 30.3 Å². The molecule has 0 N–H and O–H groups in total. The summed E-state index contributed by atoms with van der Waals surface area (Å²) in [5, 5.41) is 0. The molecule has 1 fully saturated rings. The standard InChI is InChI=1S/C23H21F2N3O5S/c1-32-16-11-15-17(20(34-27-15)19(29)22(31)33-2)26-18(16)21(30)28-9-7-23(25,8-10-28)12-13-3-5-14(24)6-4-13/h3-6,11H,7-10,12H2,1-2H3. The molecule has 4 rings (SSSR count). The number of benzene rings is 1. The third-order valence-electron chi connectivity index (χ3n) is 5.80. The smallest absolute Gasteiger partial charge is 0.380 e. The van der Waals surface area contributed by atoms with Gasteiger partial charge in [-0.15, -0.1) is 0 Å². The molecule has 0 radical (unpaired) electrons. The number of halogens is 2. The zero-order chi connectivity index (χ0) is 24.5. The van der Waals surface area contributed by atoms with E-state index in [2.05, 4.69) is 14.1 Å². The third kappa shape index (κ3) is 4.60. The van der Waals surface area contributed by atoms with Crippen LogP contribution in [0.5, 0.6) is 5.75 Å². The molecular weight excluding hydrogens is 468 g/mol. The van der Waals surface area contributed by atoms with E-state index >= 15 is 4.39 Å². The topological polar surface area (TPSA) is 98.7 Å². The summed E-state index contributed by atoms with van der Waals surface area (Å²) < 4.78 is 42.4. The molecule has 0 unspecified atom stereocenters. The van der Waals surface area contributed by atoms with Crippen LogP contribution in [0.25, 0.3) is 11.0 Å². The van der Waals surface area contributed by atoms with Gasteiger partial charge in [0.25, 0.3) is 11.7 Å². The van der Waals surface area contributed by atoms with E-state index in [1.54, 1.807) is 12.1 Å². The van der Waals surface area contributed by atoms with Crippen LogP contribution in [0.3, 0.4) is 0 Å². The Bertz CT molecular complexity index is 1250. The van der Waals surface area contributed by atoms with Crippen molar-refractivity contribution >= 4 is 40.2 Å². The molecule has 0 bridgehead atoms. The Morgan fingerprint density at radius 2 is 1.82 bits per heavy atom. The summed E-state index contributed by atoms with van der Waals surface area (Å²) in [5.74, 6) is -2.68. The van der Waals surface area contributed by atoms with Gasteiger partial charge in [0.1, 0.15) is 27.4 Å². The molecule has 1 amide bonds. The number of rotatable bonds is 6. The largest absolute Gasteiger partial charge is 0.494 e. The number of carbonyl (C=O) groups excluding carboxylic acids is 3. The summed E-state index contributed by atoms with van der Waals surface area (Å²) in [6.07, 6.45) is 0.335. The molecular formula is C23H21F2N3O5S. The number of aromatic nitrogens is 2. The van der Waals surface area contributed by atoms with Crippen molar-refractivity contribution < 1.29 is 32.6 Å². The third-order valence-corrected chi connectivity index (χ3v) is 6.65. The first-order valence-electron chi connectivity index (χ1n) is 10.4. The Morgan fingerprint density at radius 3 is 2.44 bits per heavy atom. The Hall–Kier alpha value is -3.47. The molecule has 1 aromatic carbocycles. The Balaban J connectivity index is 1.55. The lowest BCUT2D eigenvalue weighted by Crippen LogP contribution is -2.45. The van der Waals surface area contributed by atoms with Gasteiger partial charge in [0.05, 0.1) is 14.2 Å². The number of carbonyl (C=O) groups is 3. The number of amides is 1. The van der Waals surface area contributed by atoms with Crippen molar-refractivity contribution in [2.75, 3.05) is 27.3 Å². The zero-order valence-corrected chi connectivity index (χ0v) is 19.3. The second kappa shape index (κ2) is 9.41. The number of Topliss-reactive ketones (excluding diaryl/α,β-unsaturated/α-hetero) is 1. The summed E-state index contributed by atoms with van der Waals surface area (Å²) in [7, 11) is 2.46. The number of esters is 1. The average molecular weight is 490 g/mol. The van der Waals surface area contributed by atoms with Crippen LogP contribution in [0, 0.1) is 5.82 Å². The molecule has 0 aliphatic carbocycles. The lowest BCUT2D eigenvalue weighted by molar-refractivity contribution is -0.135. The molecule has 178 valence electrons. The van der Waals surface area contributed by atoms with Crippen LogP contribution >= 0.6 is 11.5 Å². The number of pyridine rings is 1. The number of ether oxygens (including phenoxy) is 2. The summed E-state index contributed by atoms with van der Waals surface area (Å²) >= 11 is 0.775. The monoisotopic (exact) mass is 489 g/mol. The first-order chi connectivity index (χ1) is 16.2. The lowest BCUT2D eigenvalue weighted by atomic mass is 9.87. The molecule has 1 saturated heterocycles. The van der Waals surface area contributed by atoms with Gasteiger partial charge in [0.2, 0.25) is 0 Å². The first kappa shape index (κ1) is 23.7. The molecule has 3 heterocycles. The first-order valence-corrected chi connectivity index (χ1v) is 11.2. The number of likely N-dealkylation sites (tertiary alicyclic amines) is 1. The minimum absolute atomic E-state index is 0.0423. The van der Waals surface area contributed by atoms with Crippen molar-refractivity contribution in [1.29, 1.82) is 0 Å². The molecule has 3 aromatic rings. The Kier molecular flexibility index (Phi) is 6.56. The second-order valence-electron chi connectivity index (χ2n) is 7.99. The van der Waals surface area contributed by atoms with Crippen LogP contribution in [0.2, 0.25) is 0 Å². The number of hydrogen-bond acceptors (Lipinski definition) is 8. The molecule has 1 aliphatic rings. The van der Waals surface area contributed by atoms with E-state index in [1.807, 2.05) is 0 Å². The maximum atomic E-state index is 15.4. The number of ketones is 1. The normalized spacial score (nSPS) is 15.2. The Morgan fingerprint density at radius 1 is 1.15 bits per heavy atom. The fraction of sp³-hybridized carbons (Fsp3) is 0.348. The van der Waals surface area contributed by atoms with Crippen molar-refractivity contribution in [2.24, 2.45) is 0 Å². The van der Waals surface area contributed by atoms with E-state index in [0.717, 1.165) is 18.6 Å². The fourth-order valence-electron chi connectivity index (χ4n) is 3.91. The highest BCUT2D eigenvalue weighted by molar-refractivity contribution is 7.10. The summed E-state index contributed by atoms with van der Waals surface area (Å²) in [4.78, 5) is 43.0. The summed E-state index contributed by atoms with van der Waals surface area (Å²) in [6.45, 7) is 0.296. The van der Waals surface area contributed by atoms with Crippen LogP contribution in [0.1, 0.15) is 38.6 Å². The van der Waals surface area contributed by atoms with Gasteiger partial charge in [-0.1, -0.05) is 12.1 Å². The molecule has 34 heavy (non-hydrogen) atoms. The van der Waals surface area contributed by atoms with E-state index in [1.165, 1.54) is 30.2 Å². The van der Waals surface area contributed by atoms with Crippen molar-refractivity contribution in [3.8, 4) is 5.75 Å². The van der Waals surface area contributed by atoms with Gasteiger partial charge in [-0.2, -0.15) is 4.37 Å². The molecule has 0 spiro atoms. The molecule has 2 aromatic heterocycles. The lowest BCUT2D eigenvalue weighted by Gasteiger charge is -2.36. The molecule has 8 nitrogen and oxygen atoms in total. The number of alkyl halides is 1. The fourth-order valence-corrected chi connectivity index (χ4v) is 4.64. The van der Waals surface area contributed by atoms with Gasteiger partial charge in [-0.25, -0.2) is 18.6 Å². The van der Waals surface area contributed by atoms with Crippen LogP contribution < -0.4 is 4.74 Å². The minimum atomic E-state index is -1.52. The highest BCUT2D eigenvalue weighted by Crippen LogP contribution is 2.33. The molecule has 11 heteroatoms. The number of methoxy groups -OCH3 is 2. The zero-order valence-electron chi connectivity index (χ0n) is 18.5. The number of fused-ring (bicyclic) bond motifs is 1. The van der Waals surface area contributed by atoms with Crippen LogP contribution in [-0.4, -0.2) is 64.9 Å². The number of hydrogen-bond donors (Lipinski definition) is 0. The highest BCUT2D eigenvalue weighted by Gasteiger charge is 2.37. The summed E-state index contributed by atoms with van der Waals surface area (Å²) in [6, 6.07) is 7.17. The quantitative estimate of drug-likeness (QED) is 0.297. The second-order valence-corrected chi connectivity index (χ2v) is 8.76. The van der Waals surface area contributed by atoms with Gasteiger partial charge in [0, 0.05) is 25.6 Å². The van der Waals surface area contributed by atoms with Gasteiger partial charge in [0.15, 0.2) is 11.4 Å². The minimum Gasteiger partial charge on any atom is -0.494 e. The van der Waals surface area contributed by atoms with E-state index in [4.69, 9.17) is 4.74 Å². The predicted molar refractivity (Wildman–Crippen MR) is 119 cm³/mol. The van der Waals surface area contributed by atoms with Crippen molar-refractivity contribution in [3.63, 3.8) is 0 Å². The van der Waals surface area contributed by atoms with Gasteiger partial charge in [-0.3, -0.25) is 9.59 Å². The van der Waals surface area contributed by atoms with E-state index in [9.17, 15) is 18.8 Å². The van der Waals surface area contributed by atoms with Crippen LogP contribution in [-0.2, 0) is 16.0 Å². The maximum absolute atomic E-state index is 15.4. The van der Waals surface area contributed by atoms with Gasteiger partial charge in [-0.05, 0) is 42.1 Å². The number of piperidine rings is 1. The molecule has 0 saturated carbocycles. The average Bonchev–Trinajstić information content (AvgIpc) is 3.26. The molecule has 0 atom stereocenters. The van der Waals surface area contributed by atoms with Gasteiger partial charge < -0.3 is 14.4 Å². The van der Waals surface area contributed by atoms with Crippen LogP contribution in [0.4, 0.5) is 8.78 Å².